The third kappa shape index (κ3) is 6.84. The van der Waals surface area contributed by atoms with Crippen LogP contribution in [0.4, 0.5) is 0 Å². The normalized spacial score (nSPS) is 27.5. The molecule has 0 bridgehead atoms. The molecule has 0 radical (unpaired) electrons. The highest BCUT2D eigenvalue weighted by molar-refractivity contribution is 8.00. The predicted molar refractivity (Wildman–Crippen MR) is 131 cm³/mol. The Bertz CT molecular complexity index is 749. The fraction of sp³-hybridized carbons (Fsp3) is 0.682. The summed E-state index contributed by atoms with van der Waals surface area (Å²) in [5.74, 6) is 2.71. The van der Waals surface area contributed by atoms with Crippen LogP contribution in [0.25, 0.3) is 0 Å². The number of hydrogen-bond donors (Lipinski definition) is 0. The van der Waals surface area contributed by atoms with E-state index >= 15 is 0 Å². The summed E-state index contributed by atoms with van der Waals surface area (Å²) >= 11 is 8.01. The Morgan fingerprint density at radius 1 is 1.17 bits per heavy atom. The molecule has 1 unspecified atom stereocenters. The number of benzene rings is 1. The molecule has 2 aliphatic rings. The van der Waals surface area contributed by atoms with E-state index in [-0.39, 0.29) is 18.1 Å². The van der Waals surface area contributed by atoms with Crippen molar-refractivity contribution in [1.29, 1.82) is 0 Å². The van der Waals surface area contributed by atoms with Crippen molar-refractivity contribution in [3.8, 4) is 5.75 Å². The second-order valence-electron chi connectivity index (χ2n) is 10.4. The van der Waals surface area contributed by atoms with Gasteiger partial charge in [-0.3, -0.25) is 4.79 Å². The Morgan fingerprint density at radius 3 is 2.50 bits per heavy atom. The standard InChI is InChI=1S/C22H35ClO4SSi2/c1-29(2,3)26-17(13-25-16-9-7-8-15(23)10-16)14-28-22-19-11-20(24)18(19)12-21(22)27-30(4,5)6/h7-10,17-19,21-22H,11-14H2,1-6H3/t17?,18-,19-,21+,22+/m0/s1. The summed E-state index contributed by atoms with van der Waals surface area (Å²) in [5.41, 5.74) is 0. The van der Waals surface area contributed by atoms with Gasteiger partial charge in [0.05, 0.1) is 12.2 Å². The highest BCUT2D eigenvalue weighted by Gasteiger charge is 2.54. The maximum absolute atomic E-state index is 12.1. The number of carbonyl (C=O) groups is 1. The van der Waals surface area contributed by atoms with Gasteiger partial charge >= 0.3 is 0 Å². The number of Topliss-reactive ketones (excluding diaryl/α,β-unsaturated/α-hetero) is 1. The molecule has 2 aliphatic carbocycles. The molecule has 3 rings (SSSR count). The van der Waals surface area contributed by atoms with Gasteiger partial charge in [-0.1, -0.05) is 17.7 Å². The average Bonchev–Trinajstić information content (AvgIpc) is 2.86. The van der Waals surface area contributed by atoms with E-state index in [0.29, 0.717) is 35.0 Å². The first-order valence-corrected chi connectivity index (χ1v) is 19.0. The first-order chi connectivity index (χ1) is 13.9. The molecule has 1 aromatic rings. The number of fused-ring (bicyclic) bond motifs is 1. The maximum atomic E-state index is 12.1. The molecule has 2 fully saturated rings. The van der Waals surface area contributed by atoms with Gasteiger partial charge in [0.2, 0.25) is 0 Å². The SMILES string of the molecule is C[Si](C)(C)OC(COc1cccc(Cl)c1)CS[C@@H]1[C@H]2CC(=O)[C@H]2C[C@H]1O[Si](C)(C)C. The topological polar surface area (TPSA) is 44.8 Å². The van der Waals surface area contributed by atoms with Crippen LogP contribution >= 0.6 is 23.4 Å². The number of thioether (sulfide) groups is 1. The monoisotopic (exact) mass is 486 g/mol. The van der Waals surface area contributed by atoms with E-state index in [0.717, 1.165) is 17.9 Å². The lowest BCUT2D eigenvalue weighted by atomic mass is 9.75. The van der Waals surface area contributed by atoms with Gasteiger partial charge in [-0.05, 0) is 69.8 Å². The molecule has 0 spiro atoms. The lowest BCUT2D eigenvalue weighted by Crippen LogP contribution is -2.41. The van der Waals surface area contributed by atoms with E-state index in [1.54, 1.807) is 0 Å². The van der Waals surface area contributed by atoms with Crippen molar-refractivity contribution in [2.24, 2.45) is 11.8 Å². The number of hydrogen-bond acceptors (Lipinski definition) is 5. The second-order valence-corrected chi connectivity index (χ2v) is 20.9. The van der Waals surface area contributed by atoms with Crippen LogP contribution in [0.1, 0.15) is 12.8 Å². The fourth-order valence-electron chi connectivity index (χ4n) is 4.30. The predicted octanol–water partition coefficient (Wildman–Crippen LogP) is 5.87. The molecule has 2 saturated carbocycles. The van der Waals surface area contributed by atoms with Gasteiger partial charge < -0.3 is 13.6 Å². The van der Waals surface area contributed by atoms with Gasteiger partial charge in [0.15, 0.2) is 16.6 Å². The molecular weight excluding hydrogens is 452 g/mol. The van der Waals surface area contributed by atoms with Crippen LogP contribution in [-0.2, 0) is 13.6 Å². The van der Waals surface area contributed by atoms with Gasteiger partial charge in [0.25, 0.3) is 0 Å². The summed E-state index contributed by atoms with van der Waals surface area (Å²) in [4.78, 5) is 12.1. The summed E-state index contributed by atoms with van der Waals surface area (Å²) in [6.45, 7) is 13.8. The molecule has 5 atom stereocenters. The molecule has 8 heteroatoms. The van der Waals surface area contributed by atoms with Crippen molar-refractivity contribution >= 4 is 45.8 Å². The molecule has 4 nitrogen and oxygen atoms in total. The van der Waals surface area contributed by atoms with Crippen molar-refractivity contribution in [3.05, 3.63) is 29.3 Å². The van der Waals surface area contributed by atoms with E-state index in [9.17, 15) is 4.79 Å². The molecular formula is C22H35ClO4SSi2. The maximum Gasteiger partial charge on any atom is 0.184 e. The van der Waals surface area contributed by atoms with Gasteiger partial charge in [-0.15, -0.1) is 0 Å². The average molecular weight is 487 g/mol. The zero-order valence-corrected chi connectivity index (χ0v) is 22.5. The number of rotatable bonds is 10. The van der Waals surface area contributed by atoms with Crippen LogP contribution in [0.3, 0.4) is 0 Å². The molecule has 0 aliphatic heterocycles. The van der Waals surface area contributed by atoms with Crippen LogP contribution in [-0.4, -0.2) is 52.2 Å². The number of carbonyl (C=O) groups excluding carboxylic acids is 1. The first kappa shape index (κ1) is 24.3. The first-order valence-electron chi connectivity index (χ1n) is 10.8. The van der Waals surface area contributed by atoms with Crippen LogP contribution in [0, 0.1) is 11.8 Å². The third-order valence-corrected chi connectivity index (χ3v) is 9.26. The lowest BCUT2D eigenvalue weighted by molar-refractivity contribution is -0.132. The van der Waals surface area contributed by atoms with E-state index in [4.69, 9.17) is 25.2 Å². The molecule has 168 valence electrons. The minimum Gasteiger partial charge on any atom is -0.491 e. The zero-order chi connectivity index (χ0) is 22.1. The number of ketones is 1. The molecule has 0 amide bonds. The van der Waals surface area contributed by atoms with Gasteiger partial charge in [0, 0.05) is 28.4 Å². The molecule has 30 heavy (non-hydrogen) atoms. The van der Waals surface area contributed by atoms with E-state index < -0.39 is 16.6 Å². The zero-order valence-electron chi connectivity index (χ0n) is 18.9. The van der Waals surface area contributed by atoms with Crippen LogP contribution in [0.5, 0.6) is 5.75 Å². The summed E-state index contributed by atoms with van der Waals surface area (Å²) in [6, 6.07) is 7.49. The fourth-order valence-corrected chi connectivity index (χ4v) is 8.51. The van der Waals surface area contributed by atoms with E-state index in [1.807, 2.05) is 36.0 Å². The molecule has 0 aromatic heterocycles. The second kappa shape index (κ2) is 9.67. The minimum atomic E-state index is -1.73. The smallest absolute Gasteiger partial charge is 0.184 e. The summed E-state index contributed by atoms with van der Waals surface area (Å²) < 4.78 is 19.0. The Morgan fingerprint density at radius 2 is 1.90 bits per heavy atom. The number of halogens is 1. The Hall–Kier alpha value is -0.316. The van der Waals surface area contributed by atoms with Gasteiger partial charge in [0.1, 0.15) is 18.1 Å². The third-order valence-electron chi connectivity index (χ3n) is 5.37. The lowest BCUT2D eigenvalue weighted by Gasteiger charge is -2.35. The van der Waals surface area contributed by atoms with Crippen LogP contribution in [0.2, 0.25) is 44.3 Å². The van der Waals surface area contributed by atoms with E-state index in [1.165, 1.54) is 0 Å². The van der Waals surface area contributed by atoms with Gasteiger partial charge in [-0.25, -0.2) is 0 Å². The highest BCUT2D eigenvalue weighted by Crippen LogP contribution is 2.51. The Kier molecular flexibility index (Phi) is 7.84. The van der Waals surface area contributed by atoms with Gasteiger partial charge in [-0.2, -0.15) is 11.8 Å². The van der Waals surface area contributed by atoms with Crippen molar-refractivity contribution in [1.82, 2.24) is 0 Å². The molecule has 0 heterocycles. The molecule has 1 aromatic carbocycles. The minimum absolute atomic E-state index is 0.00279. The van der Waals surface area contributed by atoms with Crippen molar-refractivity contribution in [2.75, 3.05) is 12.4 Å². The number of ether oxygens (including phenoxy) is 1. The van der Waals surface area contributed by atoms with Crippen molar-refractivity contribution in [3.63, 3.8) is 0 Å². The quantitative estimate of drug-likeness (QED) is 0.387. The van der Waals surface area contributed by atoms with Crippen LogP contribution in [0.15, 0.2) is 24.3 Å². The van der Waals surface area contributed by atoms with E-state index in [2.05, 4.69) is 39.3 Å². The largest absolute Gasteiger partial charge is 0.491 e. The summed E-state index contributed by atoms with van der Waals surface area (Å²) in [5, 5.41) is 1.04. The summed E-state index contributed by atoms with van der Waals surface area (Å²) in [6.07, 6.45) is 1.80. The van der Waals surface area contributed by atoms with Crippen molar-refractivity contribution < 1.29 is 18.4 Å². The Balaban J connectivity index is 1.63. The summed E-state index contributed by atoms with van der Waals surface area (Å²) in [7, 11) is -3.39. The Labute approximate surface area is 192 Å². The molecule has 0 N–H and O–H groups in total. The highest BCUT2D eigenvalue weighted by atomic mass is 35.5. The van der Waals surface area contributed by atoms with Crippen LogP contribution < -0.4 is 4.74 Å². The van der Waals surface area contributed by atoms with Crippen molar-refractivity contribution in [2.45, 2.75) is 69.6 Å². The molecule has 0 saturated heterocycles.